The molecule has 0 aliphatic rings. The molecule has 0 bridgehead atoms. The van der Waals surface area contributed by atoms with Crippen molar-refractivity contribution >= 4 is 113 Å². The Bertz CT molecular complexity index is 3440. The Morgan fingerprint density at radius 2 is 1.04 bits per heavy atom. The van der Waals surface area contributed by atoms with Gasteiger partial charge in [-0.25, -0.2) is 4.98 Å². The molecule has 4 heterocycles. The molecule has 0 aliphatic carbocycles. The molecule has 6 heteroatoms. The lowest BCUT2D eigenvalue weighted by Gasteiger charge is -2.26. The molecule has 0 spiro atoms. The van der Waals surface area contributed by atoms with E-state index in [1.807, 2.05) is 65.1 Å². The van der Waals surface area contributed by atoms with Crippen LogP contribution in [0, 0.1) is 0 Å². The minimum absolute atomic E-state index is 0.607. The standard InChI is InChI=1S/C49H28N2O2S2/c1-2-8-30(9-3-1)49-50-40-23-24-41-47(48(40)53-49)38-21-16-31(26-42(38)52-41)29-14-17-32(18-15-29)51(33-20-25-45-39(27-33)36-11-5-7-13-44(36)54-45)34-19-22-37-35-10-4-6-12-43(35)55-46(37)28-34/h1-28H. The summed E-state index contributed by atoms with van der Waals surface area (Å²) in [5.74, 6) is 0.607. The van der Waals surface area contributed by atoms with Crippen molar-refractivity contribution in [1.82, 2.24) is 4.98 Å². The van der Waals surface area contributed by atoms with E-state index in [1.165, 1.54) is 40.3 Å². The second-order valence-corrected chi connectivity index (χ2v) is 16.1. The third-order valence-corrected chi connectivity index (χ3v) is 13.0. The number of fused-ring (bicyclic) bond motifs is 11. The second-order valence-electron chi connectivity index (χ2n) is 13.9. The van der Waals surface area contributed by atoms with Crippen LogP contribution in [0.3, 0.4) is 0 Å². The minimum atomic E-state index is 0.607. The Hall–Kier alpha value is -6.73. The van der Waals surface area contributed by atoms with Gasteiger partial charge < -0.3 is 13.7 Å². The van der Waals surface area contributed by atoms with E-state index in [9.17, 15) is 0 Å². The summed E-state index contributed by atoms with van der Waals surface area (Å²) in [7, 11) is 0. The molecule has 0 saturated heterocycles. The molecule has 12 aromatic rings. The summed E-state index contributed by atoms with van der Waals surface area (Å²) < 4.78 is 18.0. The van der Waals surface area contributed by atoms with Gasteiger partial charge in [-0.3, -0.25) is 0 Å². The monoisotopic (exact) mass is 740 g/mol. The molecule has 0 radical (unpaired) electrons. The molecular formula is C49H28N2O2S2. The van der Waals surface area contributed by atoms with Crippen LogP contribution in [0.25, 0.3) is 96.0 Å². The first-order chi connectivity index (χ1) is 27.2. The van der Waals surface area contributed by atoms with Crippen LogP contribution in [0.5, 0.6) is 0 Å². The number of nitrogens with zero attached hydrogens (tertiary/aromatic N) is 2. The maximum Gasteiger partial charge on any atom is 0.227 e. The third-order valence-electron chi connectivity index (χ3n) is 10.7. The van der Waals surface area contributed by atoms with Crippen molar-refractivity contribution in [2.75, 3.05) is 4.90 Å². The number of hydrogen-bond acceptors (Lipinski definition) is 6. The Balaban J connectivity index is 0.961. The molecule has 0 unspecified atom stereocenters. The van der Waals surface area contributed by atoms with Gasteiger partial charge in [-0.1, -0.05) is 78.9 Å². The SMILES string of the molecule is c1ccc(-c2nc3ccc4oc5cc(-c6ccc(N(c7ccc8c(c7)sc7ccccc78)c7ccc8sc9ccccc9c8c7)cc6)ccc5c4c3o2)cc1. The summed E-state index contributed by atoms with van der Waals surface area (Å²) in [6, 6.07) is 60.4. The highest BCUT2D eigenvalue weighted by atomic mass is 32.1. The van der Waals surface area contributed by atoms with Crippen molar-refractivity contribution in [1.29, 1.82) is 0 Å². The molecule has 8 aromatic carbocycles. The molecule has 258 valence electrons. The van der Waals surface area contributed by atoms with Gasteiger partial charge in [0.05, 0.1) is 5.39 Å². The summed E-state index contributed by atoms with van der Waals surface area (Å²) in [5, 5.41) is 7.13. The zero-order valence-electron chi connectivity index (χ0n) is 29.2. The van der Waals surface area contributed by atoms with Crippen molar-refractivity contribution in [3.63, 3.8) is 0 Å². The third kappa shape index (κ3) is 4.85. The van der Waals surface area contributed by atoms with E-state index in [1.54, 1.807) is 0 Å². The molecule has 0 saturated carbocycles. The fraction of sp³-hybridized carbons (Fsp3) is 0. The van der Waals surface area contributed by atoms with Gasteiger partial charge in [-0.15, -0.1) is 22.7 Å². The lowest BCUT2D eigenvalue weighted by molar-refractivity contribution is 0.622. The normalized spacial score (nSPS) is 12.0. The highest BCUT2D eigenvalue weighted by molar-refractivity contribution is 7.26. The smallest absolute Gasteiger partial charge is 0.227 e. The first-order valence-electron chi connectivity index (χ1n) is 18.3. The maximum absolute atomic E-state index is 6.44. The number of furan rings is 1. The van der Waals surface area contributed by atoms with Gasteiger partial charge in [0.1, 0.15) is 16.7 Å². The van der Waals surface area contributed by atoms with Crippen molar-refractivity contribution in [2.24, 2.45) is 0 Å². The molecule has 0 aliphatic heterocycles. The van der Waals surface area contributed by atoms with E-state index >= 15 is 0 Å². The first kappa shape index (κ1) is 30.7. The number of oxazole rings is 1. The topological polar surface area (TPSA) is 42.4 Å². The lowest BCUT2D eigenvalue weighted by atomic mass is 10.0. The Labute approximate surface area is 322 Å². The van der Waals surface area contributed by atoms with Gasteiger partial charge in [0.2, 0.25) is 5.89 Å². The van der Waals surface area contributed by atoms with Crippen molar-refractivity contribution in [3.8, 4) is 22.6 Å². The number of thiophene rings is 2. The predicted molar refractivity (Wildman–Crippen MR) is 233 cm³/mol. The van der Waals surface area contributed by atoms with E-state index in [2.05, 4.69) is 132 Å². The Morgan fingerprint density at radius 1 is 0.400 bits per heavy atom. The van der Waals surface area contributed by atoms with Gasteiger partial charge in [0.15, 0.2) is 5.58 Å². The molecule has 0 fully saturated rings. The molecule has 55 heavy (non-hydrogen) atoms. The van der Waals surface area contributed by atoms with E-state index in [0.717, 1.165) is 66.8 Å². The Kier molecular flexibility index (Phi) is 6.64. The summed E-state index contributed by atoms with van der Waals surface area (Å²) in [6.45, 7) is 0. The van der Waals surface area contributed by atoms with Crippen LogP contribution in [-0.2, 0) is 0 Å². The van der Waals surface area contributed by atoms with E-state index in [0.29, 0.717) is 5.89 Å². The van der Waals surface area contributed by atoms with Gasteiger partial charge in [-0.05, 0) is 102 Å². The predicted octanol–water partition coefficient (Wildman–Crippen LogP) is 15.3. The van der Waals surface area contributed by atoms with Crippen LogP contribution in [0.15, 0.2) is 179 Å². The lowest BCUT2D eigenvalue weighted by Crippen LogP contribution is -2.09. The van der Waals surface area contributed by atoms with E-state index in [-0.39, 0.29) is 0 Å². The number of anilines is 3. The van der Waals surface area contributed by atoms with Gasteiger partial charge in [0.25, 0.3) is 0 Å². The van der Waals surface area contributed by atoms with Crippen molar-refractivity contribution in [3.05, 3.63) is 170 Å². The van der Waals surface area contributed by atoms with Crippen LogP contribution in [0.4, 0.5) is 17.1 Å². The zero-order chi connectivity index (χ0) is 36.0. The summed E-state index contributed by atoms with van der Waals surface area (Å²) in [5.41, 5.74) is 9.66. The van der Waals surface area contributed by atoms with Gasteiger partial charge >= 0.3 is 0 Å². The molecule has 0 amide bonds. The second kappa shape index (κ2) is 11.9. The van der Waals surface area contributed by atoms with Crippen molar-refractivity contribution in [2.45, 2.75) is 0 Å². The number of benzene rings is 8. The van der Waals surface area contributed by atoms with Gasteiger partial charge in [0, 0.05) is 68.4 Å². The molecule has 0 N–H and O–H groups in total. The summed E-state index contributed by atoms with van der Waals surface area (Å²) in [6.07, 6.45) is 0. The highest BCUT2D eigenvalue weighted by Crippen LogP contribution is 2.44. The molecule has 4 aromatic heterocycles. The number of aromatic nitrogens is 1. The van der Waals surface area contributed by atoms with Crippen LogP contribution in [0.2, 0.25) is 0 Å². The fourth-order valence-electron chi connectivity index (χ4n) is 8.09. The van der Waals surface area contributed by atoms with Crippen LogP contribution >= 0.6 is 22.7 Å². The number of rotatable bonds is 5. The van der Waals surface area contributed by atoms with Crippen LogP contribution in [0.1, 0.15) is 0 Å². The van der Waals surface area contributed by atoms with Crippen LogP contribution < -0.4 is 4.90 Å². The Morgan fingerprint density at radius 3 is 1.87 bits per heavy atom. The average Bonchev–Trinajstić information content (AvgIpc) is 4.02. The van der Waals surface area contributed by atoms with Crippen LogP contribution in [-0.4, -0.2) is 4.98 Å². The van der Waals surface area contributed by atoms with Gasteiger partial charge in [-0.2, -0.15) is 0 Å². The molecule has 12 rings (SSSR count). The largest absolute Gasteiger partial charge is 0.456 e. The molecule has 4 nitrogen and oxygen atoms in total. The first-order valence-corrected chi connectivity index (χ1v) is 19.9. The minimum Gasteiger partial charge on any atom is -0.456 e. The molecular weight excluding hydrogens is 713 g/mol. The quantitative estimate of drug-likeness (QED) is 0.176. The zero-order valence-corrected chi connectivity index (χ0v) is 30.8. The van der Waals surface area contributed by atoms with E-state index in [4.69, 9.17) is 13.8 Å². The highest BCUT2D eigenvalue weighted by Gasteiger charge is 2.19. The maximum atomic E-state index is 6.44. The van der Waals surface area contributed by atoms with Crippen molar-refractivity contribution < 1.29 is 8.83 Å². The molecule has 0 atom stereocenters. The summed E-state index contributed by atoms with van der Waals surface area (Å²) >= 11 is 3.70. The summed E-state index contributed by atoms with van der Waals surface area (Å²) in [4.78, 5) is 7.17. The fourth-order valence-corrected chi connectivity index (χ4v) is 10.3. The number of hydrogen-bond donors (Lipinski definition) is 0. The average molecular weight is 741 g/mol. The van der Waals surface area contributed by atoms with E-state index < -0.39 is 0 Å².